The first-order valence-corrected chi connectivity index (χ1v) is 6.37. The van der Waals surface area contributed by atoms with Crippen molar-refractivity contribution in [1.82, 2.24) is 4.98 Å². The van der Waals surface area contributed by atoms with E-state index in [1.807, 2.05) is 6.07 Å². The van der Waals surface area contributed by atoms with Gasteiger partial charge in [0.2, 0.25) is 11.9 Å². The number of carbonyl (C=O) groups is 1. The van der Waals surface area contributed by atoms with E-state index in [0.29, 0.717) is 16.3 Å². The summed E-state index contributed by atoms with van der Waals surface area (Å²) in [5.74, 6) is -0.366. The van der Waals surface area contributed by atoms with Gasteiger partial charge in [-0.2, -0.15) is 4.99 Å². The highest BCUT2D eigenvalue weighted by Crippen LogP contribution is 2.28. The molecule has 0 bridgehead atoms. The van der Waals surface area contributed by atoms with E-state index in [-0.39, 0.29) is 17.8 Å². The second-order valence-electron chi connectivity index (χ2n) is 3.86. The summed E-state index contributed by atoms with van der Waals surface area (Å²) in [6.07, 6.45) is 0. The molecule has 0 atom stereocenters. The van der Waals surface area contributed by atoms with Gasteiger partial charge in [-0.1, -0.05) is 11.3 Å². The van der Waals surface area contributed by atoms with E-state index in [2.05, 4.69) is 20.3 Å². The molecule has 2 aromatic rings. The number of nitrogens with two attached hydrogens (primary N) is 3. The van der Waals surface area contributed by atoms with Crippen molar-refractivity contribution in [2.24, 2.45) is 27.2 Å². The van der Waals surface area contributed by atoms with E-state index in [4.69, 9.17) is 17.2 Å². The van der Waals surface area contributed by atoms with Crippen LogP contribution in [0.15, 0.2) is 28.2 Å². The van der Waals surface area contributed by atoms with Crippen LogP contribution in [-0.2, 0) is 4.79 Å². The Balaban J connectivity index is 2.34. The van der Waals surface area contributed by atoms with E-state index >= 15 is 0 Å². The number of nitrogens with zero attached hydrogens (tertiary/aromatic N) is 3. The summed E-state index contributed by atoms with van der Waals surface area (Å²) in [5, 5.41) is 3.17. The van der Waals surface area contributed by atoms with Crippen LogP contribution in [0.4, 0.5) is 10.8 Å². The number of anilines is 1. The fourth-order valence-corrected chi connectivity index (χ4v) is 2.37. The Bertz CT molecular complexity index is 715. The largest absolute Gasteiger partial charge is 0.370 e. The smallest absolute Gasteiger partial charge is 0.223 e. The minimum absolute atomic E-state index is 0.0401. The van der Waals surface area contributed by atoms with E-state index in [0.717, 1.165) is 4.70 Å². The number of rotatable bonds is 2. The van der Waals surface area contributed by atoms with Crippen LogP contribution < -0.4 is 22.5 Å². The van der Waals surface area contributed by atoms with Crippen molar-refractivity contribution >= 4 is 50.2 Å². The molecule has 20 heavy (non-hydrogen) atoms. The zero-order chi connectivity index (χ0) is 14.7. The molecule has 0 saturated carbocycles. The van der Waals surface area contributed by atoms with Crippen molar-refractivity contribution in [3.05, 3.63) is 18.2 Å². The Morgan fingerprint density at radius 1 is 1.35 bits per heavy atom. The second-order valence-corrected chi connectivity index (χ2v) is 4.89. The highest BCUT2D eigenvalue weighted by Gasteiger charge is 2.05. The van der Waals surface area contributed by atoms with E-state index in [9.17, 15) is 4.79 Å². The number of hydrogen-bond donors (Lipinski definition) is 4. The van der Waals surface area contributed by atoms with Gasteiger partial charge in [-0.15, -0.1) is 0 Å². The summed E-state index contributed by atoms with van der Waals surface area (Å²) in [6, 6.07) is 5.32. The molecule has 1 amide bonds. The van der Waals surface area contributed by atoms with Crippen LogP contribution >= 0.6 is 11.3 Å². The third-order valence-corrected chi connectivity index (χ3v) is 3.09. The van der Waals surface area contributed by atoms with Gasteiger partial charge in [0.25, 0.3) is 0 Å². The molecule has 7 N–H and O–H groups in total. The molecule has 1 aromatic carbocycles. The Labute approximate surface area is 118 Å². The van der Waals surface area contributed by atoms with Crippen molar-refractivity contribution < 1.29 is 4.79 Å². The molecule has 2 rings (SSSR count). The molecular formula is C11H13N7OS. The van der Waals surface area contributed by atoms with E-state index < -0.39 is 0 Å². The summed E-state index contributed by atoms with van der Waals surface area (Å²) in [5.41, 5.74) is 17.2. The van der Waals surface area contributed by atoms with Crippen LogP contribution in [0, 0.1) is 0 Å². The maximum Gasteiger partial charge on any atom is 0.223 e. The second kappa shape index (κ2) is 5.53. The van der Waals surface area contributed by atoms with Crippen LogP contribution in [0.2, 0.25) is 0 Å². The molecule has 0 aliphatic carbocycles. The van der Waals surface area contributed by atoms with Crippen LogP contribution in [0.1, 0.15) is 6.92 Å². The predicted molar refractivity (Wildman–Crippen MR) is 81.0 cm³/mol. The van der Waals surface area contributed by atoms with Gasteiger partial charge < -0.3 is 22.5 Å². The Kier molecular flexibility index (Phi) is 3.80. The van der Waals surface area contributed by atoms with Crippen LogP contribution in [-0.4, -0.2) is 22.8 Å². The van der Waals surface area contributed by atoms with Crippen LogP contribution in [0.5, 0.6) is 0 Å². The molecule has 0 radical (unpaired) electrons. The van der Waals surface area contributed by atoms with Gasteiger partial charge in [-0.05, 0) is 18.2 Å². The number of nitrogens with one attached hydrogen (secondary N) is 1. The first-order valence-electron chi connectivity index (χ1n) is 5.56. The highest BCUT2D eigenvalue weighted by molar-refractivity contribution is 7.22. The Hall–Kier alpha value is -2.68. The molecule has 0 saturated heterocycles. The van der Waals surface area contributed by atoms with Gasteiger partial charge in [0.05, 0.1) is 15.9 Å². The lowest BCUT2D eigenvalue weighted by molar-refractivity contribution is -0.114. The summed E-state index contributed by atoms with van der Waals surface area (Å²) >= 11 is 1.37. The summed E-state index contributed by atoms with van der Waals surface area (Å²) in [4.78, 5) is 22.9. The average molecular weight is 291 g/mol. The first kappa shape index (κ1) is 13.7. The minimum atomic E-state index is -0.167. The van der Waals surface area contributed by atoms with Crippen molar-refractivity contribution in [2.45, 2.75) is 6.92 Å². The van der Waals surface area contributed by atoms with Crippen molar-refractivity contribution in [3.8, 4) is 0 Å². The number of fused-ring (bicyclic) bond motifs is 1. The van der Waals surface area contributed by atoms with Gasteiger partial charge in [0.15, 0.2) is 11.1 Å². The van der Waals surface area contributed by atoms with Gasteiger partial charge in [0.1, 0.15) is 0 Å². The van der Waals surface area contributed by atoms with Crippen LogP contribution in [0.3, 0.4) is 0 Å². The van der Waals surface area contributed by atoms with Gasteiger partial charge in [-0.3, -0.25) is 4.79 Å². The average Bonchev–Trinajstić information content (AvgIpc) is 2.67. The van der Waals surface area contributed by atoms with E-state index in [1.165, 1.54) is 18.3 Å². The fraction of sp³-hybridized carbons (Fsp3) is 0.0909. The third kappa shape index (κ3) is 3.42. The Morgan fingerprint density at radius 2 is 2.10 bits per heavy atom. The quantitative estimate of drug-likeness (QED) is 0.469. The monoisotopic (exact) mass is 291 g/mol. The molecule has 104 valence electrons. The summed E-state index contributed by atoms with van der Waals surface area (Å²) in [6.45, 7) is 1.43. The zero-order valence-electron chi connectivity index (χ0n) is 10.6. The Morgan fingerprint density at radius 3 is 2.75 bits per heavy atom. The lowest BCUT2D eigenvalue weighted by Crippen LogP contribution is -2.26. The lowest BCUT2D eigenvalue weighted by atomic mass is 10.3. The topological polar surface area (TPSA) is 145 Å². The zero-order valence-corrected chi connectivity index (χ0v) is 11.4. The number of carbonyl (C=O) groups excluding carboxylic acids is 1. The lowest BCUT2D eigenvalue weighted by Gasteiger charge is -1.95. The SMILES string of the molecule is CC(=O)Nc1nc2cc(N=C(N)N=C(N)N)ccc2s1. The third-order valence-electron chi connectivity index (χ3n) is 2.14. The van der Waals surface area contributed by atoms with Crippen molar-refractivity contribution in [2.75, 3.05) is 5.32 Å². The minimum Gasteiger partial charge on any atom is -0.370 e. The summed E-state index contributed by atoms with van der Waals surface area (Å²) < 4.78 is 0.924. The molecular weight excluding hydrogens is 278 g/mol. The number of guanidine groups is 2. The van der Waals surface area contributed by atoms with E-state index in [1.54, 1.807) is 12.1 Å². The molecule has 9 heteroatoms. The molecule has 1 aromatic heterocycles. The fourth-order valence-electron chi connectivity index (χ4n) is 1.48. The number of aliphatic imine (C=N–C) groups is 2. The van der Waals surface area contributed by atoms with Gasteiger partial charge >= 0.3 is 0 Å². The van der Waals surface area contributed by atoms with Gasteiger partial charge in [0, 0.05) is 6.92 Å². The predicted octanol–water partition coefficient (Wildman–Crippen LogP) is 0.474. The van der Waals surface area contributed by atoms with Crippen molar-refractivity contribution in [3.63, 3.8) is 0 Å². The standard InChI is InChI=1S/C11H13N7OS/c1-5(19)15-11-17-7-4-6(2-3-8(7)20-11)16-10(14)18-9(12)13/h2-4H,1H3,(H,15,17,19)(H6,12,13,14,16,18). The number of aromatic nitrogens is 1. The first-order chi connectivity index (χ1) is 9.44. The maximum atomic E-state index is 11.0. The summed E-state index contributed by atoms with van der Waals surface area (Å²) in [7, 11) is 0. The molecule has 0 unspecified atom stereocenters. The maximum absolute atomic E-state index is 11.0. The van der Waals surface area contributed by atoms with Crippen LogP contribution in [0.25, 0.3) is 10.2 Å². The molecule has 8 nitrogen and oxygen atoms in total. The molecule has 0 fully saturated rings. The molecule has 0 spiro atoms. The normalized spacial score (nSPS) is 11.3. The number of amides is 1. The molecule has 0 aliphatic heterocycles. The number of benzene rings is 1. The highest BCUT2D eigenvalue weighted by atomic mass is 32.1. The molecule has 0 aliphatic rings. The molecule has 1 heterocycles. The number of hydrogen-bond acceptors (Lipinski definition) is 4. The number of thiazole rings is 1. The van der Waals surface area contributed by atoms with Gasteiger partial charge in [-0.25, -0.2) is 9.98 Å². The van der Waals surface area contributed by atoms with Crippen molar-refractivity contribution in [1.29, 1.82) is 0 Å².